The molecule has 0 radical (unpaired) electrons. The second-order valence-corrected chi connectivity index (χ2v) is 13.6. The molecule has 0 aromatic rings. The van der Waals surface area contributed by atoms with Crippen molar-refractivity contribution in [1.82, 2.24) is 0 Å². The number of ether oxygens (including phenoxy) is 2. The molecule has 0 aromatic heterocycles. The van der Waals surface area contributed by atoms with E-state index < -0.39 is 13.9 Å². The first-order valence-electron chi connectivity index (χ1n) is 18.0. The smallest absolute Gasteiger partial charge is 0.457 e. The fourth-order valence-corrected chi connectivity index (χ4v) is 5.88. The van der Waals surface area contributed by atoms with Crippen LogP contribution in [0, 0.1) is 0 Å². The molecular weight excluding hydrogens is 565 g/mol. The number of nitrogens with two attached hydrogens (primary N) is 1. The Kier molecular flexibility index (Phi) is 32.5. The van der Waals surface area contributed by atoms with Gasteiger partial charge in [-0.2, -0.15) is 0 Å². The van der Waals surface area contributed by atoms with Crippen molar-refractivity contribution in [3.63, 3.8) is 0 Å². The molecule has 0 heterocycles. The van der Waals surface area contributed by atoms with E-state index in [2.05, 4.69) is 13.8 Å². The van der Waals surface area contributed by atoms with Crippen LogP contribution < -0.4 is 5.73 Å². The van der Waals surface area contributed by atoms with Gasteiger partial charge >= 0.3 is 13.8 Å². The largest absolute Gasteiger partial charge is 0.472 e. The van der Waals surface area contributed by atoms with Crippen LogP contribution in [0.25, 0.3) is 0 Å². The van der Waals surface area contributed by atoms with Gasteiger partial charge in [0.25, 0.3) is 0 Å². The maximum absolute atomic E-state index is 12.2. The van der Waals surface area contributed by atoms with Gasteiger partial charge in [-0.3, -0.25) is 13.8 Å². The molecule has 0 bridgehead atoms. The third-order valence-corrected chi connectivity index (χ3v) is 8.76. The van der Waals surface area contributed by atoms with Crippen LogP contribution in [-0.2, 0) is 27.9 Å². The standard InChI is InChI=1S/C34H70NO7P/c1-3-5-7-9-10-11-12-13-14-15-16-17-18-19-20-21-22-23-24-26-29-39-31-33(32-41-43(37,38)40-30-28-35)42-34(36)27-25-8-6-4-2/h33H,3-32,35H2,1-2H3,(H,37,38). The molecule has 43 heavy (non-hydrogen) atoms. The molecule has 2 unspecified atom stereocenters. The zero-order valence-electron chi connectivity index (χ0n) is 28.2. The molecule has 0 saturated heterocycles. The van der Waals surface area contributed by atoms with Crippen molar-refractivity contribution in [2.75, 3.05) is 33.0 Å². The number of phosphoric ester groups is 1. The highest BCUT2D eigenvalue weighted by atomic mass is 31.2. The summed E-state index contributed by atoms with van der Waals surface area (Å²) in [5.41, 5.74) is 5.32. The fraction of sp³-hybridized carbons (Fsp3) is 0.971. The van der Waals surface area contributed by atoms with E-state index in [0.717, 1.165) is 38.5 Å². The summed E-state index contributed by atoms with van der Waals surface area (Å²) in [4.78, 5) is 22.0. The minimum Gasteiger partial charge on any atom is -0.457 e. The Labute approximate surface area is 265 Å². The van der Waals surface area contributed by atoms with Crippen LogP contribution in [0.5, 0.6) is 0 Å². The Balaban J connectivity index is 3.77. The summed E-state index contributed by atoms with van der Waals surface area (Å²) in [6.07, 6.45) is 30.3. The second kappa shape index (κ2) is 32.9. The first-order chi connectivity index (χ1) is 20.9. The fourth-order valence-electron chi connectivity index (χ4n) is 5.11. The second-order valence-electron chi connectivity index (χ2n) is 12.1. The first kappa shape index (κ1) is 42.5. The van der Waals surface area contributed by atoms with Gasteiger partial charge in [0, 0.05) is 19.6 Å². The molecule has 2 atom stereocenters. The lowest BCUT2D eigenvalue weighted by atomic mass is 10.0. The van der Waals surface area contributed by atoms with E-state index >= 15 is 0 Å². The minimum absolute atomic E-state index is 0.0917. The lowest BCUT2D eigenvalue weighted by Crippen LogP contribution is -2.28. The quantitative estimate of drug-likeness (QED) is 0.0401. The van der Waals surface area contributed by atoms with Gasteiger partial charge in [0.05, 0.1) is 19.8 Å². The summed E-state index contributed by atoms with van der Waals surface area (Å²) in [5, 5.41) is 0. The summed E-state index contributed by atoms with van der Waals surface area (Å²) < 4.78 is 32.9. The van der Waals surface area contributed by atoms with Crippen molar-refractivity contribution >= 4 is 13.8 Å². The summed E-state index contributed by atoms with van der Waals surface area (Å²) >= 11 is 0. The van der Waals surface area contributed by atoms with E-state index in [4.69, 9.17) is 24.3 Å². The SMILES string of the molecule is CCCCCCCCCCCCCCCCCCCCCCOCC(COP(=O)(O)OCCN)OC(=O)CCCCCC. The van der Waals surface area contributed by atoms with E-state index in [9.17, 15) is 14.3 Å². The molecule has 0 amide bonds. The molecule has 0 aromatic carbocycles. The normalized spacial score (nSPS) is 13.7. The van der Waals surface area contributed by atoms with E-state index in [-0.39, 0.29) is 32.3 Å². The van der Waals surface area contributed by atoms with Crippen molar-refractivity contribution in [3.8, 4) is 0 Å². The molecule has 8 nitrogen and oxygen atoms in total. The number of esters is 1. The average Bonchev–Trinajstić information content (AvgIpc) is 2.99. The highest BCUT2D eigenvalue weighted by Gasteiger charge is 2.25. The van der Waals surface area contributed by atoms with Crippen LogP contribution >= 0.6 is 7.82 Å². The Morgan fingerprint density at radius 1 is 0.605 bits per heavy atom. The van der Waals surface area contributed by atoms with Crippen molar-refractivity contribution in [1.29, 1.82) is 0 Å². The van der Waals surface area contributed by atoms with Gasteiger partial charge in [-0.25, -0.2) is 4.57 Å². The molecule has 0 spiro atoms. The van der Waals surface area contributed by atoms with Crippen LogP contribution in [0.3, 0.4) is 0 Å². The monoisotopic (exact) mass is 635 g/mol. The van der Waals surface area contributed by atoms with Crippen LogP contribution in [0.2, 0.25) is 0 Å². The van der Waals surface area contributed by atoms with Crippen molar-refractivity contribution in [3.05, 3.63) is 0 Å². The topological polar surface area (TPSA) is 117 Å². The van der Waals surface area contributed by atoms with Crippen LogP contribution in [-0.4, -0.2) is 49.9 Å². The van der Waals surface area contributed by atoms with Crippen LogP contribution in [0.4, 0.5) is 0 Å². The lowest BCUT2D eigenvalue weighted by Gasteiger charge is -2.20. The van der Waals surface area contributed by atoms with Gasteiger partial charge in [-0.15, -0.1) is 0 Å². The highest BCUT2D eigenvalue weighted by molar-refractivity contribution is 7.47. The van der Waals surface area contributed by atoms with Crippen molar-refractivity contribution in [2.45, 2.75) is 180 Å². The van der Waals surface area contributed by atoms with Gasteiger partial charge in [0.15, 0.2) is 0 Å². The Morgan fingerprint density at radius 3 is 1.47 bits per heavy atom. The van der Waals surface area contributed by atoms with E-state index in [0.29, 0.717) is 13.0 Å². The Morgan fingerprint density at radius 2 is 1.02 bits per heavy atom. The zero-order valence-corrected chi connectivity index (χ0v) is 29.1. The van der Waals surface area contributed by atoms with E-state index in [1.807, 2.05) is 0 Å². The molecule has 0 rings (SSSR count). The molecule has 0 aliphatic rings. The van der Waals surface area contributed by atoms with Gasteiger partial charge in [0.1, 0.15) is 6.10 Å². The molecular formula is C34H70NO7P. The number of hydrogen-bond acceptors (Lipinski definition) is 7. The lowest BCUT2D eigenvalue weighted by molar-refractivity contribution is -0.154. The number of carbonyl (C=O) groups is 1. The average molecular weight is 636 g/mol. The van der Waals surface area contributed by atoms with Crippen molar-refractivity contribution < 1.29 is 32.8 Å². The predicted octanol–water partition coefficient (Wildman–Crippen LogP) is 9.80. The van der Waals surface area contributed by atoms with Crippen LogP contribution in [0.1, 0.15) is 174 Å². The number of carbonyl (C=O) groups excluding carboxylic acids is 1. The van der Waals surface area contributed by atoms with E-state index in [1.165, 1.54) is 116 Å². The molecule has 0 fully saturated rings. The first-order valence-corrected chi connectivity index (χ1v) is 19.5. The maximum Gasteiger partial charge on any atom is 0.472 e. The number of rotatable bonds is 35. The third kappa shape index (κ3) is 32.7. The van der Waals surface area contributed by atoms with Crippen molar-refractivity contribution in [2.24, 2.45) is 5.73 Å². The summed E-state index contributed by atoms with van der Waals surface area (Å²) in [6.45, 7) is 4.82. The predicted molar refractivity (Wildman–Crippen MR) is 178 cm³/mol. The molecule has 3 N–H and O–H groups in total. The maximum atomic E-state index is 12.2. The summed E-state index contributed by atoms with van der Waals surface area (Å²) in [5.74, 6) is -0.345. The van der Waals surface area contributed by atoms with Gasteiger partial charge in [-0.05, 0) is 12.8 Å². The number of unbranched alkanes of at least 4 members (excludes halogenated alkanes) is 22. The molecule has 0 aliphatic carbocycles. The zero-order chi connectivity index (χ0) is 31.7. The summed E-state index contributed by atoms with van der Waals surface area (Å²) in [6, 6.07) is 0. The Bertz CT molecular complexity index is 638. The van der Waals surface area contributed by atoms with E-state index in [1.54, 1.807) is 0 Å². The number of phosphoric acid groups is 1. The van der Waals surface area contributed by atoms with Gasteiger partial charge in [0.2, 0.25) is 0 Å². The Hall–Kier alpha value is -0.500. The minimum atomic E-state index is -4.25. The van der Waals surface area contributed by atoms with Crippen LogP contribution in [0.15, 0.2) is 0 Å². The molecule has 9 heteroatoms. The highest BCUT2D eigenvalue weighted by Crippen LogP contribution is 2.43. The molecule has 0 aliphatic heterocycles. The third-order valence-electron chi connectivity index (χ3n) is 7.77. The molecule has 258 valence electrons. The van der Waals surface area contributed by atoms with Gasteiger partial charge in [-0.1, -0.05) is 155 Å². The number of hydrogen-bond donors (Lipinski definition) is 2. The van der Waals surface area contributed by atoms with Gasteiger partial charge < -0.3 is 20.1 Å². The molecule has 0 saturated carbocycles. The summed E-state index contributed by atoms with van der Waals surface area (Å²) in [7, 11) is -4.25.